The molecule has 1 aliphatic carbocycles. The summed E-state index contributed by atoms with van der Waals surface area (Å²) >= 11 is 0. The zero-order valence-corrected chi connectivity index (χ0v) is 13.6. The summed E-state index contributed by atoms with van der Waals surface area (Å²) in [6.07, 6.45) is 1.98. The Morgan fingerprint density at radius 2 is 1.79 bits per heavy atom. The van der Waals surface area contributed by atoms with Crippen LogP contribution in [0.25, 0.3) is 0 Å². The molecule has 1 N–H and O–H groups in total. The van der Waals surface area contributed by atoms with E-state index in [0.717, 1.165) is 24.0 Å². The number of carbonyl (C=O) groups excluding carboxylic acids is 1. The molecule has 0 aromatic heterocycles. The van der Waals surface area contributed by atoms with Crippen LogP contribution in [0.5, 0.6) is 0 Å². The molecule has 24 heavy (non-hydrogen) atoms. The van der Waals surface area contributed by atoms with Crippen LogP contribution in [0.15, 0.2) is 42.5 Å². The molecule has 0 heterocycles. The summed E-state index contributed by atoms with van der Waals surface area (Å²) in [6.45, 7) is 2.51. The van der Waals surface area contributed by atoms with Gasteiger partial charge in [-0.05, 0) is 54.7 Å². The topological polar surface area (TPSA) is 32.3 Å². The molecule has 2 aromatic rings. The second kappa shape index (κ2) is 6.99. The van der Waals surface area contributed by atoms with Gasteiger partial charge in [0.15, 0.2) is 0 Å². The van der Waals surface area contributed by atoms with Gasteiger partial charge < -0.3 is 10.2 Å². The summed E-state index contributed by atoms with van der Waals surface area (Å²) in [5, 5.41) is 2.89. The van der Waals surface area contributed by atoms with Gasteiger partial charge >= 0.3 is 6.03 Å². The van der Waals surface area contributed by atoms with Crippen molar-refractivity contribution in [1.29, 1.82) is 0 Å². The first-order chi connectivity index (χ1) is 11.5. The van der Waals surface area contributed by atoms with Crippen LogP contribution < -0.4 is 5.32 Å². The summed E-state index contributed by atoms with van der Waals surface area (Å²) in [5.41, 5.74) is 2.32. The highest BCUT2D eigenvalue weighted by atomic mass is 19.1. The van der Waals surface area contributed by atoms with Gasteiger partial charge in [-0.3, -0.25) is 0 Å². The maximum atomic E-state index is 13.3. The van der Waals surface area contributed by atoms with Gasteiger partial charge in [-0.25, -0.2) is 13.6 Å². The predicted octanol–water partition coefficient (Wildman–Crippen LogP) is 4.15. The monoisotopic (exact) mass is 330 g/mol. The number of nitrogens with one attached hydrogen (secondary N) is 1. The van der Waals surface area contributed by atoms with Crippen LogP contribution in [0.4, 0.5) is 13.6 Å². The minimum absolute atomic E-state index is 0.149. The van der Waals surface area contributed by atoms with Crippen LogP contribution in [-0.2, 0) is 13.1 Å². The maximum absolute atomic E-state index is 13.3. The fraction of sp³-hybridized carbons (Fsp3) is 0.316. The van der Waals surface area contributed by atoms with E-state index in [1.54, 1.807) is 36.1 Å². The molecule has 126 valence electrons. The Hall–Kier alpha value is -2.43. The molecule has 2 aromatic carbocycles. The van der Waals surface area contributed by atoms with Crippen LogP contribution >= 0.6 is 0 Å². The van der Waals surface area contributed by atoms with Crippen molar-refractivity contribution >= 4 is 6.03 Å². The Morgan fingerprint density at radius 1 is 1.12 bits per heavy atom. The average Bonchev–Trinajstić information content (AvgIpc) is 3.40. The number of benzene rings is 2. The van der Waals surface area contributed by atoms with Gasteiger partial charge in [-0.1, -0.05) is 24.3 Å². The minimum atomic E-state index is -0.284. The van der Waals surface area contributed by atoms with E-state index in [1.165, 1.54) is 18.2 Å². The highest BCUT2D eigenvalue weighted by molar-refractivity contribution is 5.75. The number of halogens is 2. The largest absolute Gasteiger partial charge is 0.334 e. The van der Waals surface area contributed by atoms with Gasteiger partial charge in [0.2, 0.25) is 0 Å². The van der Waals surface area contributed by atoms with Gasteiger partial charge in [-0.2, -0.15) is 0 Å². The molecule has 3 rings (SSSR count). The number of aryl methyl sites for hydroxylation is 1. The third kappa shape index (κ3) is 4.10. The summed E-state index contributed by atoms with van der Waals surface area (Å²) in [6, 6.07) is 11.1. The smallest absolute Gasteiger partial charge is 0.318 e. The van der Waals surface area contributed by atoms with Crippen molar-refractivity contribution in [2.75, 3.05) is 0 Å². The summed E-state index contributed by atoms with van der Waals surface area (Å²) in [5.74, 6) is -0.533. The van der Waals surface area contributed by atoms with Gasteiger partial charge in [0.25, 0.3) is 0 Å². The molecular weight excluding hydrogens is 310 g/mol. The Morgan fingerprint density at radius 3 is 2.42 bits per heavy atom. The predicted molar refractivity (Wildman–Crippen MR) is 88.3 cm³/mol. The Labute approximate surface area is 140 Å². The van der Waals surface area contributed by atoms with E-state index < -0.39 is 0 Å². The van der Waals surface area contributed by atoms with E-state index in [9.17, 15) is 13.6 Å². The number of urea groups is 1. The van der Waals surface area contributed by atoms with Crippen LogP contribution in [0.2, 0.25) is 0 Å². The summed E-state index contributed by atoms with van der Waals surface area (Å²) in [4.78, 5) is 14.3. The number of carbonyl (C=O) groups is 1. The van der Waals surface area contributed by atoms with Gasteiger partial charge in [0.1, 0.15) is 11.6 Å². The molecule has 2 amide bonds. The highest BCUT2D eigenvalue weighted by Gasteiger charge is 2.32. The molecule has 0 saturated heterocycles. The second-order valence-electron chi connectivity index (χ2n) is 6.23. The highest BCUT2D eigenvalue weighted by Crippen LogP contribution is 2.28. The van der Waals surface area contributed by atoms with Gasteiger partial charge in [0.05, 0.1) is 0 Å². The number of rotatable bonds is 5. The van der Waals surface area contributed by atoms with E-state index >= 15 is 0 Å². The molecule has 0 bridgehead atoms. The molecule has 1 aliphatic rings. The van der Waals surface area contributed by atoms with Crippen LogP contribution in [0.3, 0.4) is 0 Å². The quantitative estimate of drug-likeness (QED) is 0.878. The molecular formula is C19H20F2N2O. The van der Waals surface area contributed by atoms with Crippen LogP contribution in [-0.4, -0.2) is 17.0 Å². The van der Waals surface area contributed by atoms with E-state index in [1.807, 2.05) is 0 Å². The molecule has 0 spiro atoms. The third-order valence-electron chi connectivity index (χ3n) is 4.18. The molecule has 1 fully saturated rings. The molecule has 0 atom stereocenters. The maximum Gasteiger partial charge on any atom is 0.318 e. The van der Waals surface area contributed by atoms with Crippen molar-refractivity contribution in [1.82, 2.24) is 10.2 Å². The van der Waals surface area contributed by atoms with Gasteiger partial charge in [-0.15, -0.1) is 0 Å². The van der Waals surface area contributed by atoms with Crippen molar-refractivity contribution in [2.45, 2.75) is 38.9 Å². The normalized spacial score (nSPS) is 13.6. The van der Waals surface area contributed by atoms with Crippen molar-refractivity contribution in [3.63, 3.8) is 0 Å². The molecule has 0 aliphatic heterocycles. The van der Waals surface area contributed by atoms with Crippen LogP contribution in [0.1, 0.15) is 29.5 Å². The molecule has 1 saturated carbocycles. The number of nitrogens with zero attached hydrogens (tertiary/aromatic N) is 1. The first-order valence-corrected chi connectivity index (χ1v) is 8.07. The lowest BCUT2D eigenvalue weighted by atomic mass is 10.1. The average molecular weight is 330 g/mol. The fourth-order valence-electron chi connectivity index (χ4n) is 2.64. The second-order valence-corrected chi connectivity index (χ2v) is 6.23. The molecule has 0 unspecified atom stereocenters. The number of hydrogen-bond donors (Lipinski definition) is 1. The van der Waals surface area contributed by atoms with Crippen molar-refractivity contribution < 1.29 is 13.6 Å². The van der Waals surface area contributed by atoms with Crippen molar-refractivity contribution in [2.24, 2.45) is 0 Å². The standard InChI is InChI=1S/C19H20F2N2O/c1-13-10-15(4-9-18(13)21)11-22-19(24)23(17-7-8-17)12-14-2-5-16(20)6-3-14/h2-6,9-10,17H,7-8,11-12H2,1H3,(H,22,24). The summed E-state index contributed by atoms with van der Waals surface area (Å²) in [7, 11) is 0. The minimum Gasteiger partial charge on any atom is -0.334 e. The lowest BCUT2D eigenvalue weighted by molar-refractivity contribution is 0.191. The van der Waals surface area contributed by atoms with E-state index in [-0.39, 0.29) is 23.7 Å². The van der Waals surface area contributed by atoms with E-state index in [2.05, 4.69) is 5.32 Å². The Kier molecular flexibility index (Phi) is 4.79. The fourth-order valence-corrected chi connectivity index (χ4v) is 2.64. The van der Waals surface area contributed by atoms with E-state index in [0.29, 0.717) is 18.7 Å². The lowest BCUT2D eigenvalue weighted by Gasteiger charge is -2.23. The van der Waals surface area contributed by atoms with Crippen molar-refractivity contribution in [3.05, 3.63) is 70.8 Å². The number of amides is 2. The third-order valence-corrected chi connectivity index (χ3v) is 4.18. The lowest BCUT2D eigenvalue weighted by Crippen LogP contribution is -2.40. The van der Waals surface area contributed by atoms with Gasteiger partial charge in [0, 0.05) is 19.1 Å². The first kappa shape index (κ1) is 16.4. The summed E-state index contributed by atoms with van der Waals surface area (Å²) < 4.78 is 26.3. The van der Waals surface area contributed by atoms with E-state index in [4.69, 9.17) is 0 Å². The Bertz CT molecular complexity index is 727. The first-order valence-electron chi connectivity index (χ1n) is 8.07. The molecule has 0 radical (unpaired) electrons. The zero-order chi connectivity index (χ0) is 17.1. The van der Waals surface area contributed by atoms with Crippen molar-refractivity contribution in [3.8, 4) is 0 Å². The molecule has 5 heteroatoms. The number of hydrogen-bond acceptors (Lipinski definition) is 1. The zero-order valence-electron chi connectivity index (χ0n) is 13.6. The molecule has 3 nitrogen and oxygen atoms in total. The van der Waals surface area contributed by atoms with Crippen LogP contribution in [0, 0.1) is 18.6 Å². The SMILES string of the molecule is Cc1cc(CNC(=O)N(Cc2ccc(F)cc2)C2CC2)ccc1F. The Balaban J connectivity index is 1.62.